The summed E-state index contributed by atoms with van der Waals surface area (Å²) >= 11 is 0. The van der Waals surface area contributed by atoms with Crippen LogP contribution in [0.1, 0.15) is 46.5 Å². The third kappa shape index (κ3) is 3.25. The second-order valence-corrected chi connectivity index (χ2v) is 4.63. The molecule has 1 aliphatic heterocycles. The Morgan fingerprint density at radius 1 is 1.36 bits per heavy atom. The third-order valence-electron chi connectivity index (χ3n) is 3.50. The summed E-state index contributed by atoms with van der Waals surface area (Å²) in [6, 6.07) is 0. The number of rotatable bonds is 5. The van der Waals surface area contributed by atoms with E-state index in [4.69, 9.17) is 4.74 Å². The van der Waals surface area contributed by atoms with Gasteiger partial charge in [-0.3, -0.25) is 0 Å². The Balaban J connectivity index is 2.30. The summed E-state index contributed by atoms with van der Waals surface area (Å²) < 4.78 is 5.48. The van der Waals surface area contributed by atoms with Gasteiger partial charge in [0.2, 0.25) is 0 Å². The van der Waals surface area contributed by atoms with Gasteiger partial charge in [-0.05, 0) is 25.7 Å². The van der Waals surface area contributed by atoms with E-state index in [2.05, 4.69) is 20.8 Å². The zero-order valence-electron chi connectivity index (χ0n) is 9.70. The van der Waals surface area contributed by atoms with Crippen LogP contribution in [0.15, 0.2) is 0 Å². The molecule has 0 saturated carbocycles. The van der Waals surface area contributed by atoms with E-state index in [1.54, 1.807) is 0 Å². The van der Waals surface area contributed by atoms with Crippen molar-refractivity contribution in [3.8, 4) is 0 Å². The largest absolute Gasteiger partial charge is 0.393 e. The highest BCUT2D eigenvalue weighted by atomic mass is 16.5. The van der Waals surface area contributed by atoms with E-state index < -0.39 is 0 Å². The second kappa shape index (κ2) is 5.72. The fourth-order valence-electron chi connectivity index (χ4n) is 2.27. The molecule has 0 aromatic heterocycles. The van der Waals surface area contributed by atoms with Crippen LogP contribution in [0.3, 0.4) is 0 Å². The van der Waals surface area contributed by atoms with Gasteiger partial charge in [-0.2, -0.15) is 0 Å². The molecule has 14 heavy (non-hydrogen) atoms. The molecular weight excluding hydrogens is 176 g/mol. The summed E-state index contributed by atoms with van der Waals surface area (Å²) in [4.78, 5) is 0. The lowest BCUT2D eigenvalue weighted by molar-refractivity contribution is 0.0636. The van der Waals surface area contributed by atoms with E-state index >= 15 is 0 Å². The molecule has 84 valence electrons. The molecule has 3 unspecified atom stereocenters. The summed E-state index contributed by atoms with van der Waals surface area (Å²) in [6.45, 7) is 7.25. The Kier molecular flexibility index (Phi) is 4.90. The standard InChI is InChI=1S/C12H24O2/c1-4-10(5-2)7-12(13)11-6-9(3)14-8-11/h9-13H,4-8H2,1-3H3. The maximum atomic E-state index is 10.0. The molecule has 1 rings (SSSR count). The van der Waals surface area contributed by atoms with Crippen LogP contribution in [-0.4, -0.2) is 23.9 Å². The summed E-state index contributed by atoms with van der Waals surface area (Å²) in [7, 11) is 0. The van der Waals surface area contributed by atoms with Crippen LogP contribution < -0.4 is 0 Å². The summed E-state index contributed by atoms with van der Waals surface area (Å²) in [5, 5.41) is 10.0. The van der Waals surface area contributed by atoms with Gasteiger partial charge in [0.05, 0.1) is 18.8 Å². The fraction of sp³-hybridized carbons (Fsp3) is 1.00. The Labute approximate surface area is 87.7 Å². The fourth-order valence-corrected chi connectivity index (χ4v) is 2.27. The third-order valence-corrected chi connectivity index (χ3v) is 3.50. The van der Waals surface area contributed by atoms with Gasteiger partial charge < -0.3 is 9.84 Å². The smallest absolute Gasteiger partial charge is 0.0594 e. The molecule has 0 aromatic rings. The molecule has 1 aliphatic rings. The van der Waals surface area contributed by atoms with E-state index in [0.29, 0.717) is 17.9 Å². The first kappa shape index (κ1) is 12.0. The minimum absolute atomic E-state index is 0.148. The Morgan fingerprint density at radius 2 is 2.00 bits per heavy atom. The van der Waals surface area contributed by atoms with Crippen LogP contribution in [0.4, 0.5) is 0 Å². The minimum Gasteiger partial charge on any atom is -0.393 e. The van der Waals surface area contributed by atoms with Crippen molar-refractivity contribution < 1.29 is 9.84 Å². The molecule has 2 nitrogen and oxygen atoms in total. The summed E-state index contributed by atoms with van der Waals surface area (Å²) in [5.74, 6) is 1.06. The van der Waals surface area contributed by atoms with Crippen LogP contribution in [-0.2, 0) is 4.74 Å². The number of hydrogen-bond donors (Lipinski definition) is 1. The van der Waals surface area contributed by atoms with Gasteiger partial charge in [0.25, 0.3) is 0 Å². The molecule has 3 atom stereocenters. The lowest BCUT2D eigenvalue weighted by Gasteiger charge is -2.21. The second-order valence-electron chi connectivity index (χ2n) is 4.63. The van der Waals surface area contributed by atoms with Crippen molar-refractivity contribution in [3.63, 3.8) is 0 Å². The molecule has 0 aromatic carbocycles. The van der Waals surface area contributed by atoms with E-state index in [1.165, 1.54) is 12.8 Å². The molecule has 1 heterocycles. The lowest BCUT2D eigenvalue weighted by atomic mass is 9.89. The Hall–Kier alpha value is -0.0800. The molecule has 1 N–H and O–H groups in total. The van der Waals surface area contributed by atoms with Crippen LogP contribution >= 0.6 is 0 Å². The Morgan fingerprint density at radius 3 is 2.43 bits per heavy atom. The SMILES string of the molecule is CCC(CC)CC(O)C1COC(C)C1. The molecule has 0 aliphatic carbocycles. The average molecular weight is 200 g/mol. The highest BCUT2D eigenvalue weighted by molar-refractivity contribution is 4.78. The van der Waals surface area contributed by atoms with Crippen molar-refractivity contribution >= 4 is 0 Å². The molecule has 0 amide bonds. The molecule has 1 fully saturated rings. The predicted molar refractivity (Wildman–Crippen MR) is 58.2 cm³/mol. The van der Waals surface area contributed by atoms with Gasteiger partial charge in [0, 0.05) is 5.92 Å². The van der Waals surface area contributed by atoms with Crippen LogP contribution in [0.5, 0.6) is 0 Å². The molecule has 2 heteroatoms. The lowest BCUT2D eigenvalue weighted by Crippen LogP contribution is -2.23. The minimum atomic E-state index is -0.148. The van der Waals surface area contributed by atoms with Crippen LogP contribution in [0.25, 0.3) is 0 Å². The zero-order chi connectivity index (χ0) is 10.6. The number of hydrogen-bond acceptors (Lipinski definition) is 2. The zero-order valence-corrected chi connectivity index (χ0v) is 9.70. The van der Waals surface area contributed by atoms with Crippen LogP contribution in [0.2, 0.25) is 0 Å². The summed E-state index contributed by atoms with van der Waals surface area (Å²) in [5.41, 5.74) is 0. The topological polar surface area (TPSA) is 29.5 Å². The van der Waals surface area contributed by atoms with Crippen molar-refractivity contribution in [3.05, 3.63) is 0 Å². The van der Waals surface area contributed by atoms with E-state index in [9.17, 15) is 5.11 Å². The van der Waals surface area contributed by atoms with Gasteiger partial charge in [-0.1, -0.05) is 26.7 Å². The van der Waals surface area contributed by atoms with Gasteiger partial charge in [-0.25, -0.2) is 0 Å². The molecule has 0 bridgehead atoms. The van der Waals surface area contributed by atoms with E-state index in [-0.39, 0.29) is 6.10 Å². The first-order valence-corrected chi connectivity index (χ1v) is 5.97. The first-order valence-electron chi connectivity index (χ1n) is 5.97. The van der Waals surface area contributed by atoms with Crippen molar-refractivity contribution in [2.24, 2.45) is 11.8 Å². The quantitative estimate of drug-likeness (QED) is 0.739. The number of aliphatic hydroxyl groups is 1. The molecular formula is C12H24O2. The van der Waals surface area contributed by atoms with Gasteiger partial charge >= 0.3 is 0 Å². The van der Waals surface area contributed by atoms with Crippen molar-refractivity contribution in [2.45, 2.75) is 58.7 Å². The van der Waals surface area contributed by atoms with Gasteiger partial charge in [-0.15, -0.1) is 0 Å². The molecule has 0 spiro atoms. The Bertz CT molecular complexity index is 154. The normalized spacial score (nSPS) is 29.8. The molecule has 0 radical (unpaired) electrons. The van der Waals surface area contributed by atoms with Gasteiger partial charge in [0.15, 0.2) is 0 Å². The van der Waals surface area contributed by atoms with E-state index in [1.807, 2.05) is 0 Å². The maximum absolute atomic E-state index is 10.0. The summed E-state index contributed by atoms with van der Waals surface area (Å²) in [6.07, 6.45) is 4.53. The van der Waals surface area contributed by atoms with Crippen molar-refractivity contribution in [2.75, 3.05) is 6.61 Å². The maximum Gasteiger partial charge on any atom is 0.0594 e. The van der Waals surface area contributed by atoms with Crippen LogP contribution in [0, 0.1) is 11.8 Å². The highest BCUT2D eigenvalue weighted by Crippen LogP contribution is 2.27. The number of ether oxygens (including phenoxy) is 1. The predicted octanol–water partition coefficient (Wildman–Crippen LogP) is 2.60. The average Bonchev–Trinajstić information content (AvgIpc) is 2.61. The van der Waals surface area contributed by atoms with Gasteiger partial charge in [0.1, 0.15) is 0 Å². The van der Waals surface area contributed by atoms with E-state index in [0.717, 1.165) is 19.4 Å². The first-order chi connectivity index (χ1) is 6.67. The number of aliphatic hydroxyl groups excluding tert-OH is 1. The molecule has 1 saturated heterocycles. The highest BCUT2D eigenvalue weighted by Gasteiger charge is 2.29. The van der Waals surface area contributed by atoms with Crippen molar-refractivity contribution in [1.29, 1.82) is 0 Å². The monoisotopic (exact) mass is 200 g/mol. The van der Waals surface area contributed by atoms with Crippen molar-refractivity contribution in [1.82, 2.24) is 0 Å².